The van der Waals surface area contributed by atoms with Gasteiger partial charge in [0.1, 0.15) is 0 Å². The van der Waals surface area contributed by atoms with Crippen molar-refractivity contribution in [1.29, 1.82) is 0 Å². The fourth-order valence-electron chi connectivity index (χ4n) is 3.14. The zero-order valence-corrected chi connectivity index (χ0v) is 9.33. The monoisotopic (exact) mass is 209 g/mol. The Labute approximate surface area is 90.6 Å². The van der Waals surface area contributed by atoms with Crippen molar-refractivity contribution >= 4 is 6.03 Å². The zero-order chi connectivity index (χ0) is 10.5. The van der Waals surface area contributed by atoms with Crippen molar-refractivity contribution in [3.63, 3.8) is 0 Å². The van der Waals surface area contributed by atoms with Crippen LogP contribution in [0.4, 0.5) is 4.79 Å². The number of likely N-dealkylation sites (N-methyl/N-ethyl adjacent to an activating group) is 1. The second-order valence-corrected chi connectivity index (χ2v) is 5.21. The molecule has 0 bridgehead atoms. The number of carbonyl (C=O) groups is 1. The summed E-state index contributed by atoms with van der Waals surface area (Å²) in [7, 11) is 1.94. The van der Waals surface area contributed by atoms with Gasteiger partial charge in [-0.1, -0.05) is 0 Å². The lowest BCUT2D eigenvalue weighted by Crippen LogP contribution is -2.54. The van der Waals surface area contributed by atoms with Crippen molar-refractivity contribution in [2.24, 2.45) is 0 Å². The van der Waals surface area contributed by atoms with Crippen molar-refractivity contribution in [3.8, 4) is 0 Å². The highest BCUT2D eigenvalue weighted by Gasteiger charge is 2.53. The summed E-state index contributed by atoms with van der Waals surface area (Å²) >= 11 is 0. The van der Waals surface area contributed by atoms with Crippen LogP contribution in [0.5, 0.6) is 0 Å². The van der Waals surface area contributed by atoms with Crippen molar-refractivity contribution in [3.05, 3.63) is 0 Å². The molecule has 3 aliphatic rings. The molecule has 2 heterocycles. The molecule has 15 heavy (non-hydrogen) atoms. The average molecular weight is 209 g/mol. The maximum absolute atomic E-state index is 12.1. The van der Waals surface area contributed by atoms with Gasteiger partial charge in [0.15, 0.2) is 0 Å². The van der Waals surface area contributed by atoms with E-state index < -0.39 is 0 Å². The third kappa shape index (κ3) is 1.34. The van der Waals surface area contributed by atoms with Crippen molar-refractivity contribution in [2.75, 3.05) is 26.7 Å². The van der Waals surface area contributed by atoms with E-state index in [1.807, 2.05) is 11.9 Å². The molecule has 4 nitrogen and oxygen atoms in total. The first-order valence-corrected chi connectivity index (χ1v) is 5.98. The molecular weight excluding hydrogens is 190 g/mol. The summed E-state index contributed by atoms with van der Waals surface area (Å²) in [5, 5.41) is 3.39. The lowest BCUT2D eigenvalue weighted by atomic mass is 9.87. The van der Waals surface area contributed by atoms with Crippen molar-refractivity contribution in [2.45, 2.75) is 37.3 Å². The molecule has 3 rings (SSSR count). The third-order valence-electron chi connectivity index (χ3n) is 4.02. The Morgan fingerprint density at radius 1 is 1.33 bits per heavy atom. The van der Waals surface area contributed by atoms with Crippen LogP contribution in [-0.4, -0.2) is 54.1 Å². The smallest absolute Gasteiger partial charge is 0.320 e. The quantitative estimate of drug-likeness (QED) is 0.688. The lowest BCUT2D eigenvalue weighted by Gasteiger charge is -2.40. The standard InChI is InChI=1S/C11H19N3O/c1-13-8-11(4-6-12-7-5-11)14(10(13)15)9-2-3-9/h9,12H,2-8H2,1H3. The largest absolute Gasteiger partial charge is 0.325 e. The molecule has 84 valence electrons. The van der Waals surface area contributed by atoms with Crippen LogP contribution in [0.3, 0.4) is 0 Å². The molecule has 0 aromatic rings. The minimum absolute atomic E-state index is 0.165. The molecule has 0 aromatic carbocycles. The summed E-state index contributed by atoms with van der Waals surface area (Å²) in [6.07, 6.45) is 4.68. The fourth-order valence-corrected chi connectivity index (χ4v) is 3.14. The van der Waals surface area contributed by atoms with Crippen LogP contribution >= 0.6 is 0 Å². The number of rotatable bonds is 1. The topological polar surface area (TPSA) is 35.6 Å². The second-order valence-electron chi connectivity index (χ2n) is 5.21. The molecule has 1 aliphatic carbocycles. The SMILES string of the molecule is CN1CC2(CCNCC2)N(C2CC2)C1=O. The van der Waals surface area contributed by atoms with E-state index in [4.69, 9.17) is 0 Å². The minimum atomic E-state index is 0.165. The molecule has 2 amide bonds. The van der Waals surface area contributed by atoms with Crippen LogP contribution in [0.15, 0.2) is 0 Å². The summed E-state index contributed by atoms with van der Waals surface area (Å²) in [4.78, 5) is 16.2. The molecule has 0 atom stereocenters. The van der Waals surface area contributed by atoms with E-state index >= 15 is 0 Å². The summed E-state index contributed by atoms with van der Waals surface area (Å²) in [6, 6.07) is 0.819. The Morgan fingerprint density at radius 3 is 2.60 bits per heavy atom. The highest BCUT2D eigenvalue weighted by molar-refractivity contribution is 5.78. The third-order valence-corrected chi connectivity index (χ3v) is 4.02. The van der Waals surface area contributed by atoms with Crippen LogP contribution in [-0.2, 0) is 0 Å². The van der Waals surface area contributed by atoms with Gasteiger partial charge in [-0.3, -0.25) is 0 Å². The van der Waals surface area contributed by atoms with Gasteiger partial charge in [-0.15, -0.1) is 0 Å². The molecule has 1 spiro atoms. The van der Waals surface area contributed by atoms with Crippen LogP contribution in [0, 0.1) is 0 Å². The highest BCUT2D eigenvalue weighted by Crippen LogP contribution is 2.41. The highest BCUT2D eigenvalue weighted by atomic mass is 16.2. The first-order chi connectivity index (χ1) is 7.23. The number of hydrogen-bond donors (Lipinski definition) is 1. The minimum Gasteiger partial charge on any atom is -0.325 e. The number of amides is 2. The van der Waals surface area contributed by atoms with Crippen LogP contribution in [0.1, 0.15) is 25.7 Å². The summed E-state index contributed by atoms with van der Waals surface area (Å²) < 4.78 is 0. The Balaban J connectivity index is 1.88. The Hall–Kier alpha value is -0.770. The van der Waals surface area contributed by atoms with Gasteiger partial charge in [-0.25, -0.2) is 4.79 Å². The number of urea groups is 1. The van der Waals surface area contributed by atoms with Crippen LogP contribution in [0.25, 0.3) is 0 Å². The molecule has 2 saturated heterocycles. The molecule has 0 radical (unpaired) electrons. The van der Waals surface area contributed by atoms with Gasteiger partial charge in [0.05, 0.1) is 5.54 Å². The predicted molar refractivity (Wildman–Crippen MR) is 57.7 cm³/mol. The summed E-state index contributed by atoms with van der Waals surface area (Å²) in [6.45, 7) is 3.05. The van der Waals surface area contributed by atoms with E-state index in [1.54, 1.807) is 0 Å². The second kappa shape index (κ2) is 3.11. The zero-order valence-electron chi connectivity index (χ0n) is 9.33. The van der Waals surface area contributed by atoms with E-state index in [1.165, 1.54) is 12.8 Å². The van der Waals surface area contributed by atoms with Gasteiger partial charge in [0, 0.05) is 19.6 Å². The number of nitrogens with one attached hydrogen (secondary N) is 1. The molecule has 4 heteroatoms. The van der Waals surface area contributed by atoms with Crippen molar-refractivity contribution < 1.29 is 4.79 Å². The number of hydrogen-bond acceptors (Lipinski definition) is 2. The Kier molecular flexibility index (Phi) is 1.96. The maximum atomic E-state index is 12.1. The van der Waals surface area contributed by atoms with Crippen LogP contribution < -0.4 is 5.32 Å². The van der Waals surface area contributed by atoms with Gasteiger partial charge in [-0.2, -0.15) is 0 Å². The van der Waals surface area contributed by atoms with E-state index in [2.05, 4.69) is 10.2 Å². The number of piperidine rings is 1. The predicted octanol–water partition coefficient (Wildman–Crippen LogP) is 0.638. The lowest BCUT2D eigenvalue weighted by molar-refractivity contribution is 0.119. The molecule has 0 aromatic heterocycles. The van der Waals surface area contributed by atoms with Gasteiger partial charge >= 0.3 is 6.03 Å². The van der Waals surface area contributed by atoms with Gasteiger partial charge < -0.3 is 15.1 Å². The molecule has 2 aliphatic heterocycles. The summed E-state index contributed by atoms with van der Waals surface area (Å²) in [5.41, 5.74) is 0.165. The van der Waals surface area contributed by atoms with E-state index in [-0.39, 0.29) is 11.6 Å². The van der Waals surface area contributed by atoms with E-state index in [0.29, 0.717) is 6.04 Å². The molecular formula is C11H19N3O. The van der Waals surface area contributed by atoms with Gasteiger partial charge in [0.2, 0.25) is 0 Å². The Morgan fingerprint density at radius 2 is 2.00 bits per heavy atom. The van der Waals surface area contributed by atoms with E-state index in [0.717, 1.165) is 32.5 Å². The first-order valence-electron chi connectivity index (χ1n) is 5.98. The molecule has 3 fully saturated rings. The normalized spacial score (nSPS) is 30.3. The Bertz CT molecular complexity index is 282. The molecule has 0 unspecified atom stereocenters. The van der Waals surface area contributed by atoms with Gasteiger partial charge in [-0.05, 0) is 38.8 Å². The van der Waals surface area contributed by atoms with E-state index in [9.17, 15) is 4.79 Å². The fraction of sp³-hybridized carbons (Fsp3) is 0.909. The number of carbonyl (C=O) groups excluding carboxylic acids is 1. The summed E-state index contributed by atoms with van der Waals surface area (Å²) in [5.74, 6) is 0. The molecule has 1 N–H and O–H groups in total. The number of nitrogens with zero attached hydrogens (tertiary/aromatic N) is 2. The van der Waals surface area contributed by atoms with Crippen LogP contribution in [0.2, 0.25) is 0 Å². The van der Waals surface area contributed by atoms with Gasteiger partial charge in [0.25, 0.3) is 0 Å². The average Bonchev–Trinajstić information content (AvgIpc) is 3.00. The molecule has 1 saturated carbocycles. The van der Waals surface area contributed by atoms with Crippen molar-refractivity contribution in [1.82, 2.24) is 15.1 Å². The maximum Gasteiger partial charge on any atom is 0.320 e. The first kappa shape index (κ1) is 9.46.